The maximum absolute atomic E-state index is 13.6. The Morgan fingerprint density at radius 3 is 2.74 bits per heavy atom. The van der Waals surface area contributed by atoms with Gasteiger partial charge in [0.25, 0.3) is 0 Å². The fourth-order valence-electron chi connectivity index (χ4n) is 5.90. The molecule has 2 aliphatic heterocycles. The number of ether oxygens (including phenoxy) is 2. The Labute approximate surface area is 243 Å². The van der Waals surface area contributed by atoms with Crippen molar-refractivity contribution in [1.29, 1.82) is 0 Å². The number of amides is 3. The number of carboxylic acid groups (broad SMARTS) is 1. The van der Waals surface area contributed by atoms with Crippen molar-refractivity contribution in [2.24, 2.45) is 5.92 Å². The Kier molecular flexibility index (Phi) is 7.45. The van der Waals surface area contributed by atoms with Crippen LogP contribution in [-0.2, 0) is 9.59 Å². The molecule has 0 radical (unpaired) electrons. The fraction of sp³-hybridized carbons (Fsp3) is 0.375. The summed E-state index contributed by atoms with van der Waals surface area (Å²) in [5.41, 5.74) is 0.981. The summed E-state index contributed by atoms with van der Waals surface area (Å²) in [6, 6.07) is 16.0. The van der Waals surface area contributed by atoms with E-state index in [2.05, 4.69) is 10.6 Å². The van der Waals surface area contributed by atoms with Gasteiger partial charge in [-0.2, -0.15) is 0 Å². The third-order valence-electron chi connectivity index (χ3n) is 8.35. The molecule has 2 aromatic carbocycles. The third-order valence-corrected chi connectivity index (χ3v) is 8.35. The summed E-state index contributed by atoms with van der Waals surface area (Å²) in [7, 11) is 1.60. The molecule has 3 aromatic rings. The number of carbonyl (C=O) groups is 3. The van der Waals surface area contributed by atoms with Gasteiger partial charge in [0.05, 0.1) is 24.9 Å². The Morgan fingerprint density at radius 2 is 1.95 bits per heavy atom. The number of pyridine rings is 1. The minimum Gasteiger partial charge on any atom is -0.497 e. The van der Waals surface area contributed by atoms with Crippen LogP contribution in [-0.4, -0.2) is 70.8 Å². The molecule has 218 valence electrons. The quantitative estimate of drug-likeness (QED) is 0.393. The second kappa shape index (κ2) is 11.3. The number of rotatable bonds is 5. The van der Waals surface area contributed by atoms with Gasteiger partial charge in [0.1, 0.15) is 29.2 Å². The highest BCUT2D eigenvalue weighted by molar-refractivity contribution is 5.95. The lowest BCUT2D eigenvalue weighted by atomic mass is 10.1. The minimum atomic E-state index is -1.34. The monoisotopic (exact) mass is 570 g/mol. The standard InChI is InChI=1S/C32H34N4O6/c1-41-22-12-13-24-26(15-22)34-25(20-9-5-4-6-10-20)17-28(24)42-23-16-27-29(37)35-32(30(38)39)18-21(32)11-7-2-3-8-14-33-31(40)36(27)19-23/h4-7,9-13,15,17,21,23,27H,2-3,8,14,16,18-19H2,1H3,(H,33,40)(H,35,37)(H,38,39)/b11-7-/t21-,23+,27-,32+/m0/s1. The van der Waals surface area contributed by atoms with Crippen molar-refractivity contribution in [3.8, 4) is 22.8 Å². The first-order valence-electron chi connectivity index (χ1n) is 14.4. The fourth-order valence-corrected chi connectivity index (χ4v) is 5.90. The summed E-state index contributed by atoms with van der Waals surface area (Å²) in [5, 5.41) is 16.5. The van der Waals surface area contributed by atoms with Crippen LogP contribution in [0, 0.1) is 5.92 Å². The van der Waals surface area contributed by atoms with Crippen molar-refractivity contribution in [3.05, 3.63) is 66.7 Å². The van der Waals surface area contributed by atoms with Crippen molar-refractivity contribution in [3.63, 3.8) is 0 Å². The second-order valence-corrected chi connectivity index (χ2v) is 11.1. The molecule has 3 N–H and O–H groups in total. The van der Waals surface area contributed by atoms with Crippen LogP contribution >= 0.6 is 0 Å². The third kappa shape index (κ3) is 5.36. The Bertz CT molecular complexity index is 1540. The highest BCUT2D eigenvalue weighted by Gasteiger charge is 2.61. The predicted octanol–water partition coefficient (Wildman–Crippen LogP) is 4.14. The lowest BCUT2D eigenvalue weighted by Crippen LogP contribution is -2.54. The van der Waals surface area contributed by atoms with Crippen LogP contribution in [0.3, 0.4) is 0 Å². The van der Waals surface area contributed by atoms with Gasteiger partial charge >= 0.3 is 12.0 Å². The molecule has 42 heavy (non-hydrogen) atoms. The average Bonchev–Trinajstić information content (AvgIpc) is 3.53. The smallest absolute Gasteiger partial charge is 0.330 e. The molecule has 10 nitrogen and oxygen atoms in total. The van der Waals surface area contributed by atoms with E-state index in [-0.39, 0.29) is 24.9 Å². The Balaban J connectivity index is 1.31. The normalized spacial score (nSPS) is 26.7. The number of nitrogens with one attached hydrogen (secondary N) is 2. The first-order valence-corrected chi connectivity index (χ1v) is 14.4. The van der Waals surface area contributed by atoms with Crippen LogP contribution in [0.2, 0.25) is 0 Å². The van der Waals surface area contributed by atoms with Crippen LogP contribution < -0.4 is 20.1 Å². The van der Waals surface area contributed by atoms with Gasteiger partial charge in [0, 0.05) is 42.0 Å². The number of methoxy groups -OCH3 is 1. The van der Waals surface area contributed by atoms with E-state index < -0.39 is 29.6 Å². The molecular weight excluding hydrogens is 536 g/mol. The summed E-state index contributed by atoms with van der Waals surface area (Å²) in [5.74, 6) is -0.578. The lowest BCUT2D eigenvalue weighted by molar-refractivity contribution is -0.144. The lowest BCUT2D eigenvalue weighted by Gasteiger charge is -2.25. The maximum Gasteiger partial charge on any atom is 0.330 e. The SMILES string of the molecule is COc1ccc2c(O[C@@H]3C[C@H]4C(=O)N[C@]5(C(=O)O)C[C@@H]5/C=C\CCCCNC(=O)N4C3)cc(-c3ccccc3)nc2c1. The number of hydrogen-bond acceptors (Lipinski definition) is 6. The number of hydrogen-bond donors (Lipinski definition) is 3. The molecule has 1 saturated carbocycles. The molecule has 4 atom stereocenters. The van der Waals surface area contributed by atoms with Gasteiger partial charge < -0.3 is 30.1 Å². The number of aromatic nitrogens is 1. The van der Waals surface area contributed by atoms with Gasteiger partial charge in [-0.25, -0.2) is 14.6 Å². The summed E-state index contributed by atoms with van der Waals surface area (Å²) in [6.45, 7) is 0.663. The van der Waals surface area contributed by atoms with Crippen LogP contribution in [0.15, 0.2) is 66.7 Å². The van der Waals surface area contributed by atoms with E-state index in [4.69, 9.17) is 14.5 Å². The van der Waals surface area contributed by atoms with Crippen molar-refractivity contribution in [2.45, 2.75) is 49.8 Å². The molecule has 1 aromatic heterocycles. The summed E-state index contributed by atoms with van der Waals surface area (Å²) in [6.07, 6.45) is 6.35. The number of aliphatic carboxylic acids is 1. The first kappa shape index (κ1) is 27.6. The van der Waals surface area contributed by atoms with Crippen LogP contribution in [0.5, 0.6) is 11.5 Å². The number of benzene rings is 2. The Hall–Kier alpha value is -4.60. The summed E-state index contributed by atoms with van der Waals surface area (Å²) >= 11 is 0. The van der Waals surface area contributed by atoms with Crippen molar-refractivity contribution < 1.29 is 29.0 Å². The van der Waals surface area contributed by atoms with E-state index >= 15 is 0 Å². The number of carboxylic acids is 1. The molecule has 2 fully saturated rings. The molecule has 3 aliphatic rings. The summed E-state index contributed by atoms with van der Waals surface area (Å²) in [4.78, 5) is 45.4. The van der Waals surface area contributed by atoms with Gasteiger partial charge in [-0.1, -0.05) is 42.5 Å². The number of allylic oxidation sites excluding steroid dienone is 1. The minimum absolute atomic E-state index is 0.175. The van der Waals surface area contributed by atoms with Crippen LogP contribution in [0.1, 0.15) is 32.1 Å². The predicted molar refractivity (Wildman–Crippen MR) is 156 cm³/mol. The molecule has 1 aliphatic carbocycles. The van der Waals surface area contributed by atoms with Gasteiger partial charge in [-0.15, -0.1) is 0 Å². The topological polar surface area (TPSA) is 130 Å². The molecular formula is C32H34N4O6. The zero-order valence-corrected chi connectivity index (χ0v) is 23.4. The molecule has 3 amide bonds. The van der Waals surface area contributed by atoms with Crippen molar-refractivity contribution in [2.75, 3.05) is 20.2 Å². The molecule has 6 rings (SSSR count). The molecule has 10 heteroatoms. The van der Waals surface area contributed by atoms with Crippen molar-refractivity contribution in [1.82, 2.24) is 20.5 Å². The van der Waals surface area contributed by atoms with E-state index in [1.54, 1.807) is 7.11 Å². The highest BCUT2D eigenvalue weighted by Crippen LogP contribution is 2.45. The van der Waals surface area contributed by atoms with Gasteiger partial charge in [-0.3, -0.25) is 4.79 Å². The van der Waals surface area contributed by atoms with Crippen molar-refractivity contribution >= 4 is 28.8 Å². The van der Waals surface area contributed by atoms with E-state index in [9.17, 15) is 19.5 Å². The molecule has 0 bridgehead atoms. The van der Waals surface area contributed by atoms with Gasteiger partial charge in [0.15, 0.2) is 0 Å². The summed E-state index contributed by atoms with van der Waals surface area (Å²) < 4.78 is 12.0. The molecule has 3 heterocycles. The highest BCUT2D eigenvalue weighted by atomic mass is 16.5. The second-order valence-electron chi connectivity index (χ2n) is 11.1. The number of fused-ring (bicyclic) bond motifs is 3. The van der Waals surface area contributed by atoms with E-state index in [1.165, 1.54) is 4.90 Å². The maximum atomic E-state index is 13.6. The van der Waals surface area contributed by atoms with Gasteiger partial charge in [0.2, 0.25) is 5.91 Å². The number of carbonyl (C=O) groups excluding carboxylic acids is 2. The van der Waals surface area contributed by atoms with Crippen LogP contribution in [0.25, 0.3) is 22.2 Å². The number of urea groups is 1. The van der Waals surface area contributed by atoms with Gasteiger partial charge in [-0.05, 0) is 37.8 Å². The van der Waals surface area contributed by atoms with E-state index in [0.717, 1.165) is 35.9 Å². The first-order chi connectivity index (χ1) is 20.4. The molecule has 0 unspecified atom stereocenters. The van der Waals surface area contributed by atoms with E-state index in [1.807, 2.05) is 66.7 Å². The molecule has 0 spiro atoms. The average molecular weight is 571 g/mol. The van der Waals surface area contributed by atoms with Crippen LogP contribution in [0.4, 0.5) is 4.79 Å². The zero-order chi connectivity index (χ0) is 29.3. The molecule has 1 saturated heterocycles. The van der Waals surface area contributed by atoms with E-state index in [0.29, 0.717) is 30.0 Å². The zero-order valence-electron chi connectivity index (χ0n) is 23.4. The largest absolute Gasteiger partial charge is 0.497 e. The Morgan fingerprint density at radius 1 is 1.12 bits per heavy atom. The number of nitrogens with zero attached hydrogens (tertiary/aromatic N) is 2.